The van der Waals surface area contributed by atoms with Gasteiger partial charge in [0.05, 0.1) is 6.33 Å². The van der Waals surface area contributed by atoms with Crippen LogP contribution in [0.2, 0.25) is 0 Å². The van der Waals surface area contributed by atoms with Crippen LogP contribution in [0.4, 0.5) is 5.13 Å². The fourth-order valence-electron chi connectivity index (χ4n) is 1.46. The molecule has 18 heavy (non-hydrogen) atoms. The van der Waals surface area contributed by atoms with Gasteiger partial charge in [0, 0.05) is 32.0 Å². The summed E-state index contributed by atoms with van der Waals surface area (Å²) in [5.74, 6) is -0.207. The average molecular weight is 266 g/mol. The monoisotopic (exact) mass is 266 g/mol. The van der Waals surface area contributed by atoms with E-state index in [0.717, 1.165) is 0 Å². The summed E-state index contributed by atoms with van der Waals surface area (Å²) in [6.45, 7) is 2.60. The molecule has 8 heteroatoms. The molecule has 0 aliphatic heterocycles. The van der Waals surface area contributed by atoms with Crippen LogP contribution in [-0.4, -0.2) is 38.7 Å². The molecule has 7 nitrogen and oxygen atoms in total. The van der Waals surface area contributed by atoms with Crippen molar-refractivity contribution in [3.63, 3.8) is 0 Å². The van der Waals surface area contributed by atoms with Gasteiger partial charge in [0.2, 0.25) is 10.1 Å². The zero-order chi connectivity index (χ0) is 13.0. The van der Waals surface area contributed by atoms with E-state index in [0.29, 0.717) is 16.7 Å². The molecule has 0 aliphatic carbocycles. The Morgan fingerprint density at radius 2 is 2.39 bits per heavy atom. The van der Waals surface area contributed by atoms with Crippen LogP contribution in [0.5, 0.6) is 0 Å². The Morgan fingerprint density at radius 1 is 1.56 bits per heavy atom. The quantitative estimate of drug-likeness (QED) is 0.827. The van der Waals surface area contributed by atoms with E-state index < -0.39 is 0 Å². The van der Waals surface area contributed by atoms with Crippen molar-refractivity contribution in [3.05, 3.63) is 23.7 Å². The Labute approximate surface area is 108 Å². The molecule has 1 amide bonds. The van der Waals surface area contributed by atoms with E-state index in [9.17, 15) is 4.79 Å². The van der Waals surface area contributed by atoms with Gasteiger partial charge in [-0.15, -0.1) is 10.2 Å². The smallest absolute Gasteiger partial charge is 0.282 e. The standard InChI is InChI=1S/C10H14N6OS/c1-7(5-16-4-3-12-6-16)13-8(17)9-14-15-10(11-2)18-9/h3-4,6-7H,5H2,1-2H3,(H,11,15)(H,13,17). The number of carbonyl (C=O) groups excluding carboxylic acids is 1. The van der Waals surface area contributed by atoms with Gasteiger partial charge < -0.3 is 15.2 Å². The van der Waals surface area contributed by atoms with E-state index in [1.165, 1.54) is 11.3 Å². The van der Waals surface area contributed by atoms with Crippen molar-refractivity contribution in [2.75, 3.05) is 12.4 Å². The highest BCUT2D eigenvalue weighted by molar-refractivity contribution is 7.17. The molecule has 0 saturated heterocycles. The van der Waals surface area contributed by atoms with E-state index in [1.807, 2.05) is 17.7 Å². The molecule has 0 spiro atoms. The molecule has 2 aromatic rings. The van der Waals surface area contributed by atoms with Gasteiger partial charge in [0.15, 0.2) is 0 Å². The lowest BCUT2D eigenvalue weighted by atomic mass is 10.3. The average Bonchev–Trinajstić information content (AvgIpc) is 2.98. The van der Waals surface area contributed by atoms with Gasteiger partial charge >= 0.3 is 0 Å². The molecule has 96 valence electrons. The van der Waals surface area contributed by atoms with Crippen LogP contribution in [-0.2, 0) is 6.54 Å². The summed E-state index contributed by atoms with van der Waals surface area (Å²) in [5.41, 5.74) is 0. The Kier molecular flexibility index (Phi) is 3.88. The Hall–Kier alpha value is -1.96. The number of carbonyl (C=O) groups is 1. The molecule has 0 saturated carbocycles. The molecule has 1 unspecified atom stereocenters. The van der Waals surface area contributed by atoms with Gasteiger partial charge in [-0.1, -0.05) is 11.3 Å². The van der Waals surface area contributed by atoms with Gasteiger partial charge in [0.25, 0.3) is 5.91 Å². The van der Waals surface area contributed by atoms with Crippen LogP contribution >= 0.6 is 11.3 Å². The van der Waals surface area contributed by atoms with Crippen LogP contribution in [0.15, 0.2) is 18.7 Å². The molecular weight excluding hydrogens is 252 g/mol. The zero-order valence-electron chi connectivity index (χ0n) is 10.1. The third kappa shape index (κ3) is 3.04. The molecule has 0 fully saturated rings. The topological polar surface area (TPSA) is 84.7 Å². The number of aromatic nitrogens is 4. The van der Waals surface area contributed by atoms with Gasteiger partial charge in [0.1, 0.15) is 0 Å². The van der Waals surface area contributed by atoms with E-state index in [1.54, 1.807) is 19.6 Å². The molecule has 2 N–H and O–H groups in total. The first-order valence-corrected chi connectivity index (χ1v) is 6.28. The number of rotatable bonds is 5. The molecule has 0 bridgehead atoms. The minimum Gasteiger partial charge on any atom is -0.363 e. The minimum absolute atomic E-state index is 0.00589. The summed E-state index contributed by atoms with van der Waals surface area (Å²) in [6.07, 6.45) is 5.28. The molecule has 2 aromatic heterocycles. The number of hydrogen-bond acceptors (Lipinski definition) is 6. The van der Waals surface area contributed by atoms with Gasteiger partial charge in [-0.2, -0.15) is 0 Å². The van der Waals surface area contributed by atoms with E-state index in [2.05, 4.69) is 25.8 Å². The van der Waals surface area contributed by atoms with Gasteiger partial charge in [-0.25, -0.2) is 4.98 Å². The maximum absolute atomic E-state index is 11.9. The predicted octanol–water partition coefficient (Wildman–Crippen LogP) is 0.595. The maximum atomic E-state index is 11.9. The molecular formula is C10H14N6OS. The van der Waals surface area contributed by atoms with Crippen molar-refractivity contribution >= 4 is 22.4 Å². The van der Waals surface area contributed by atoms with Gasteiger partial charge in [-0.05, 0) is 6.92 Å². The Morgan fingerprint density at radius 3 is 3.00 bits per heavy atom. The maximum Gasteiger partial charge on any atom is 0.282 e. The highest BCUT2D eigenvalue weighted by Crippen LogP contribution is 2.13. The second kappa shape index (κ2) is 5.58. The fourth-order valence-corrected chi connectivity index (χ4v) is 2.06. The lowest BCUT2D eigenvalue weighted by Crippen LogP contribution is -2.35. The van der Waals surface area contributed by atoms with Crippen LogP contribution in [0, 0.1) is 0 Å². The normalized spacial score (nSPS) is 12.1. The number of nitrogens with one attached hydrogen (secondary N) is 2. The first-order chi connectivity index (χ1) is 8.69. The number of amides is 1. The van der Waals surface area contributed by atoms with Crippen molar-refractivity contribution in [2.24, 2.45) is 0 Å². The van der Waals surface area contributed by atoms with Crippen molar-refractivity contribution in [3.8, 4) is 0 Å². The molecule has 2 heterocycles. The molecule has 0 aliphatic rings. The molecule has 1 atom stereocenters. The number of hydrogen-bond donors (Lipinski definition) is 2. The summed E-state index contributed by atoms with van der Waals surface area (Å²) in [6, 6.07) is -0.00589. The molecule has 0 radical (unpaired) electrons. The number of anilines is 1. The van der Waals surface area contributed by atoms with Crippen molar-refractivity contribution in [1.29, 1.82) is 0 Å². The summed E-state index contributed by atoms with van der Waals surface area (Å²) in [5, 5.41) is 14.3. The zero-order valence-corrected chi connectivity index (χ0v) is 10.9. The highest BCUT2D eigenvalue weighted by atomic mass is 32.1. The van der Waals surface area contributed by atoms with Crippen molar-refractivity contribution in [2.45, 2.75) is 19.5 Å². The van der Waals surface area contributed by atoms with E-state index in [-0.39, 0.29) is 11.9 Å². The largest absolute Gasteiger partial charge is 0.363 e. The van der Waals surface area contributed by atoms with Gasteiger partial charge in [-0.3, -0.25) is 4.79 Å². The van der Waals surface area contributed by atoms with Crippen LogP contribution in [0.25, 0.3) is 0 Å². The second-order valence-corrected chi connectivity index (χ2v) is 4.77. The lowest BCUT2D eigenvalue weighted by molar-refractivity contribution is 0.0935. The Balaban J connectivity index is 1.90. The predicted molar refractivity (Wildman–Crippen MR) is 68.6 cm³/mol. The number of nitrogens with zero attached hydrogens (tertiary/aromatic N) is 4. The first-order valence-electron chi connectivity index (χ1n) is 5.47. The Bertz CT molecular complexity index is 508. The first kappa shape index (κ1) is 12.5. The molecule has 2 rings (SSSR count). The SMILES string of the molecule is CNc1nnc(C(=O)NC(C)Cn2ccnc2)s1. The minimum atomic E-state index is -0.207. The van der Waals surface area contributed by atoms with Crippen molar-refractivity contribution < 1.29 is 4.79 Å². The summed E-state index contributed by atoms with van der Waals surface area (Å²) >= 11 is 1.23. The van der Waals surface area contributed by atoms with Crippen molar-refractivity contribution in [1.82, 2.24) is 25.1 Å². The molecule has 0 aromatic carbocycles. The third-order valence-corrected chi connectivity index (χ3v) is 3.19. The van der Waals surface area contributed by atoms with E-state index in [4.69, 9.17) is 0 Å². The van der Waals surface area contributed by atoms with E-state index >= 15 is 0 Å². The van der Waals surface area contributed by atoms with Crippen LogP contribution < -0.4 is 10.6 Å². The van der Waals surface area contributed by atoms with Crippen LogP contribution in [0.3, 0.4) is 0 Å². The summed E-state index contributed by atoms with van der Waals surface area (Å²) in [4.78, 5) is 15.8. The number of imidazole rings is 1. The lowest BCUT2D eigenvalue weighted by Gasteiger charge is -2.12. The third-order valence-electron chi connectivity index (χ3n) is 2.25. The van der Waals surface area contributed by atoms with Crippen LogP contribution in [0.1, 0.15) is 16.7 Å². The summed E-state index contributed by atoms with van der Waals surface area (Å²) < 4.78 is 1.91. The second-order valence-electron chi connectivity index (χ2n) is 3.80. The highest BCUT2D eigenvalue weighted by Gasteiger charge is 2.14. The summed E-state index contributed by atoms with van der Waals surface area (Å²) in [7, 11) is 1.74. The fraction of sp³-hybridized carbons (Fsp3) is 0.400.